The summed E-state index contributed by atoms with van der Waals surface area (Å²) in [5, 5.41) is 3.00. The molecule has 1 amide bonds. The first-order chi connectivity index (χ1) is 11.4. The lowest BCUT2D eigenvalue weighted by Crippen LogP contribution is -2.45. The molecule has 1 aliphatic carbocycles. The first kappa shape index (κ1) is 18.3. The molecule has 1 aromatic rings. The molecule has 132 valence electrons. The SMILES string of the molecule is COc1ccc(C)cc1C(=O)OCC(=O)N[C@H]1CCC[C@H](C)[C@@H]1C. The molecule has 0 aromatic heterocycles. The molecule has 2 rings (SSSR count). The first-order valence-electron chi connectivity index (χ1n) is 8.53. The third-order valence-electron chi connectivity index (χ3n) is 4.96. The van der Waals surface area contributed by atoms with E-state index in [-0.39, 0.29) is 18.6 Å². The van der Waals surface area contributed by atoms with E-state index in [9.17, 15) is 9.59 Å². The molecule has 5 heteroatoms. The maximum absolute atomic E-state index is 12.2. The van der Waals surface area contributed by atoms with Gasteiger partial charge in [-0.25, -0.2) is 4.79 Å². The average Bonchev–Trinajstić information content (AvgIpc) is 2.56. The summed E-state index contributed by atoms with van der Waals surface area (Å²) in [6, 6.07) is 5.43. The van der Waals surface area contributed by atoms with Gasteiger partial charge in [0, 0.05) is 6.04 Å². The second kappa shape index (κ2) is 8.18. The van der Waals surface area contributed by atoms with Crippen LogP contribution in [0.25, 0.3) is 0 Å². The maximum Gasteiger partial charge on any atom is 0.342 e. The maximum atomic E-state index is 12.2. The van der Waals surface area contributed by atoms with Gasteiger partial charge in [-0.05, 0) is 37.3 Å². The number of ether oxygens (including phenoxy) is 2. The summed E-state index contributed by atoms with van der Waals surface area (Å²) in [7, 11) is 1.50. The number of esters is 1. The Kier molecular flexibility index (Phi) is 6.23. The Hall–Kier alpha value is -2.04. The highest BCUT2D eigenvalue weighted by Gasteiger charge is 2.28. The van der Waals surface area contributed by atoms with Crippen molar-refractivity contribution in [2.45, 2.75) is 46.1 Å². The molecule has 3 atom stereocenters. The predicted octanol–water partition coefficient (Wildman–Crippen LogP) is 3.10. The third kappa shape index (κ3) is 4.49. The standard InChI is InChI=1S/C19H27NO4/c1-12-8-9-17(23-4)15(10-12)19(22)24-11-18(21)20-16-7-5-6-13(2)14(16)3/h8-10,13-14,16H,5-7,11H2,1-4H3,(H,20,21)/t13-,14-,16-/m0/s1. The van der Waals surface area contributed by atoms with E-state index in [1.165, 1.54) is 13.5 Å². The molecule has 0 saturated heterocycles. The minimum atomic E-state index is -0.546. The van der Waals surface area contributed by atoms with Crippen LogP contribution in [0.15, 0.2) is 18.2 Å². The van der Waals surface area contributed by atoms with Crippen LogP contribution in [0.5, 0.6) is 5.75 Å². The molecule has 1 N–H and O–H groups in total. The number of hydrogen-bond donors (Lipinski definition) is 1. The van der Waals surface area contributed by atoms with Gasteiger partial charge in [0.2, 0.25) is 0 Å². The monoisotopic (exact) mass is 333 g/mol. The second-order valence-electron chi connectivity index (χ2n) is 6.72. The molecular formula is C19H27NO4. The largest absolute Gasteiger partial charge is 0.496 e. The van der Waals surface area contributed by atoms with Crippen molar-refractivity contribution in [3.63, 3.8) is 0 Å². The smallest absolute Gasteiger partial charge is 0.342 e. The van der Waals surface area contributed by atoms with Crippen LogP contribution < -0.4 is 10.1 Å². The van der Waals surface area contributed by atoms with Gasteiger partial charge in [0.05, 0.1) is 7.11 Å². The van der Waals surface area contributed by atoms with Gasteiger partial charge in [-0.3, -0.25) is 4.79 Å². The molecule has 0 aliphatic heterocycles. The van der Waals surface area contributed by atoms with Crippen LogP contribution in [-0.4, -0.2) is 31.6 Å². The molecule has 0 spiro atoms. The molecule has 1 aromatic carbocycles. The van der Waals surface area contributed by atoms with E-state index in [0.717, 1.165) is 18.4 Å². The third-order valence-corrected chi connectivity index (χ3v) is 4.96. The number of benzene rings is 1. The van der Waals surface area contributed by atoms with E-state index in [4.69, 9.17) is 9.47 Å². The van der Waals surface area contributed by atoms with Crippen LogP contribution in [0.1, 0.15) is 49.0 Å². The average molecular weight is 333 g/mol. The van der Waals surface area contributed by atoms with Crippen LogP contribution >= 0.6 is 0 Å². The molecule has 24 heavy (non-hydrogen) atoms. The number of hydrogen-bond acceptors (Lipinski definition) is 4. The van der Waals surface area contributed by atoms with Gasteiger partial charge in [-0.1, -0.05) is 38.3 Å². The van der Waals surface area contributed by atoms with Gasteiger partial charge in [-0.15, -0.1) is 0 Å². The topological polar surface area (TPSA) is 64.6 Å². The Bertz CT molecular complexity index is 599. The van der Waals surface area contributed by atoms with E-state index < -0.39 is 5.97 Å². The number of rotatable bonds is 5. The zero-order valence-corrected chi connectivity index (χ0v) is 14.9. The van der Waals surface area contributed by atoms with Crippen molar-refractivity contribution in [3.05, 3.63) is 29.3 Å². The Labute approximate surface area is 143 Å². The summed E-state index contributed by atoms with van der Waals surface area (Å²) in [4.78, 5) is 24.3. The van der Waals surface area contributed by atoms with Crippen molar-refractivity contribution < 1.29 is 19.1 Å². The molecule has 0 unspecified atom stereocenters. The minimum Gasteiger partial charge on any atom is -0.496 e. The molecule has 1 saturated carbocycles. The van der Waals surface area contributed by atoms with E-state index >= 15 is 0 Å². The number of methoxy groups -OCH3 is 1. The van der Waals surface area contributed by atoms with Crippen LogP contribution in [0, 0.1) is 18.8 Å². The van der Waals surface area contributed by atoms with Gasteiger partial charge in [0.25, 0.3) is 5.91 Å². The van der Waals surface area contributed by atoms with Crippen LogP contribution in [0.3, 0.4) is 0 Å². The lowest BCUT2D eigenvalue weighted by molar-refractivity contribution is -0.125. The molecule has 0 heterocycles. The highest BCUT2D eigenvalue weighted by atomic mass is 16.5. The van der Waals surface area contributed by atoms with Crippen molar-refractivity contribution >= 4 is 11.9 Å². The number of nitrogens with one attached hydrogen (secondary N) is 1. The number of amides is 1. The Morgan fingerprint density at radius 2 is 2.00 bits per heavy atom. The fourth-order valence-electron chi connectivity index (χ4n) is 3.22. The lowest BCUT2D eigenvalue weighted by atomic mass is 9.78. The van der Waals surface area contributed by atoms with E-state index in [1.807, 2.05) is 13.0 Å². The predicted molar refractivity (Wildman–Crippen MR) is 92.1 cm³/mol. The van der Waals surface area contributed by atoms with Gasteiger partial charge in [-0.2, -0.15) is 0 Å². The van der Waals surface area contributed by atoms with Crippen LogP contribution in [-0.2, 0) is 9.53 Å². The van der Waals surface area contributed by atoms with Gasteiger partial charge >= 0.3 is 5.97 Å². The molecular weight excluding hydrogens is 306 g/mol. The minimum absolute atomic E-state index is 0.161. The van der Waals surface area contributed by atoms with Crippen molar-refractivity contribution in [2.75, 3.05) is 13.7 Å². The van der Waals surface area contributed by atoms with Crippen molar-refractivity contribution in [1.82, 2.24) is 5.32 Å². The fourth-order valence-corrected chi connectivity index (χ4v) is 3.22. The first-order valence-corrected chi connectivity index (χ1v) is 8.53. The highest BCUT2D eigenvalue weighted by molar-refractivity contribution is 5.94. The normalized spacial score (nSPS) is 23.4. The van der Waals surface area contributed by atoms with Crippen molar-refractivity contribution in [1.29, 1.82) is 0 Å². The van der Waals surface area contributed by atoms with Gasteiger partial charge in [0.15, 0.2) is 6.61 Å². The van der Waals surface area contributed by atoms with Gasteiger partial charge in [0.1, 0.15) is 11.3 Å². The number of aryl methyl sites for hydroxylation is 1. The Morgan fingerprint density at radius 3 is 2.71 bits per heavy atom. The molecule has 1 aliphatic rings. The van der Waals surface area contributed by atoms with Crippen molar-refractivity contribution in [2.24, 2.45) is 11.8 Å². The van der Waals surface area contributed by atoms with Crippen molar-refractivity contribution in [3.8, 4) is 5.75 Å². The number of carbonyl (C=O) groups is 2. The van der Waals surface area contributed by atoms with E-state index in [2.05, 4.69) is 19.2 Å². The summed E-state index contributed by atoms with van der Waals surface area (Å²) in [5.41, 5.74) is 1.27. The zero-order chi connectivity index (χ0) is 17.7. The molecule has 5 nitrogen and oxygen atoms in total. The Balaban J connectivity index is 1.89. The summed E-state index contributed by atoms with van der Waals surface area (Å²) in [6.45, 7) is 5.99. The zero-order valence-electron chi connectivity index (χ0n) is 14.9. The summed E-state index contributed by atoms with van der Waals surface area (Å²) < 4.78 is 10.3. The van der Waals surface area contributed by atoms with Crippen LogP contribution in [0.2, 0.25) is 0 Å². The fraction of sp³-hybridized carbons (Fsp3) is 0.579. The van der Waals surface area contributed by atoms with Gasteiger partial charge < -0.3 is 14.8 Å². The lowest BCUT2D eigenvalue weighted by Gasteiger charge is -2.34. The molecule has 0 radical (unpaired) electrons. The van der Waals surface area contributed by atoms with E-state index in [1.54, 1.807) is 12.1 Å². The summed E-state index contributed by atoms with van der Waals surface area (Å²) in [5.74, 6) is 0.691. The van der Waals surface area contributed by atoms with E-state index in [0.29, 0.717) is 23.1 Å². The van der Waals surface area contributed by atoms with Crippen LogP contribution in [0.4, 0.5) is 0 Å². The molecule has 1 fully saturated rings. The quantitative estimate of drug-likeness (QED) is 0.841. The number of carbonyl (C=O) groups excluding carboxylic acids is 2. The molecule has 0 bridgehead atoms. The Morgan fingerprint density at radius 1 is 1.25 bits per heavy atom. The summed E-state index contributed by atoms with van der Waals surface area (Å²) >= 11 is 0. The second-order valence-corrected chi connectivity index (χ2v) is 6.72. The highest BCUT2D eigenvalue weighted by Crippen LogP contribution is 2.29. The summed E-state index contributed by atoms with van der Waals surface area (Å²) in [6.07, 6.45) is 3.31.